The number of phenolic OH excluding ortho intramolecular Hbond substituents is 1. The minimum Gasteiger partial charge on any atom is -0.508 e. The van der Waals surface area contributed by atoms with E-state index in [0.29, 0.717) is 18.9 Å². The Morgan fingerprint density at radius 1 is 1.05 bits per heavy atom. The molecular weight excluding hydrogens is 254 g/mol. The van der Waals surface area contributed by atoms with Crippen LogP contribution < -0.4 is 10.5 Å². The highest BCUT2D eigenvalue weighted by Gasteiger charge is 2.05. The van der Waals surface area contributed by atoms with Crippen LogP contribution in [-0.4, -0.2) is 5.11 Å². The molecule has 0 unspecified atom stereocenters. The van der Waals surface area contributed by atoms with Gasteiger partial charge in [-0.3, -0.25) is 0 Å². The van der Waals surface area contributed by atoms with E-state index in [1.54, 1.807) is 24.3 Å². The van der Waals surface area contributed by atoms with E-state index in [0.717, 1.165) is 22.3 Å². The summed E-state index contributed by atoms with van der Waals surface area (Å²) in [4.78, 5) is 0. The second kappa shape index (κ2) is 5.27. The molecule has 102 valence electrons. The SMILES string of the molecule is NCc1ccc2oc(COc3ccc(O)cc3)cc2c1. The van der Waals surface area contributed by atoms with Crippen LogP contribution >= 0.6 is 0 Å². The van der Waals surface area contributed by atoms with Crippen molar-refractivity contribution in [2.75, 3.05) is 0 Å². The van der Waals surface area contributed by atoms with E-state index in [-0.39, 0.29) is 5.75 Å². The number of phenols is 1. The van der Waals surface area contributed by atoms with Gasteiger partial charge in [0.25, 0.3) is 0 Å². The number of fused-ring (bicyclic) bond motifs is 1. The number of hydrogen-bond acceptors (Lipinski definition) is 4. The highest BCUT2D eigenvalue weighted by molar-refractivity contribution is 5.78. The lowest BCUT2D eigenvalue weighted by Crippen LogP contribution is -1.94. The number of furan rings is 1. The fourth-order valence-electron chi connectivity index (χ4n) is 2.04. The van der Waals surface area contributed by atoms with Crippen LogP contribution in [0.3, 0.4) is 0 Å². The Bertz CT molecular complexity index is 716. The van der Waals surface area contributed by atoms with Crippen LogP contribution in [0.1, 0.15) is 11.3 Å². The number of benzene rings is 2. The van der Waals surface area contributed by atoms with E-state index in [2.05, 4.69) is 0 Å². The predicted molar refractivity (Wildman–Crippen MR) is 76.5 cm³/mol. The molecule has 0 atom stereocenters. The number of aromatic hydroxyl groups is 1. The topological polar surface area (TPSA) is 68.6 Å². The zero-order valence-electron chi connectivity index (χ0n) is 10.9. The van der Waals surface area contributed by atoms with Gasteiger partial charge in [-0.2, -0.15) is 0 Å². The second-order valence-electron chi connectivity index (χ2n) is 4.57. The molecule has 0 saturated heterocycles. The van der Waals surface area contributed by atoms with Gasteiger partial charge >= 0.3 is 0 Å². The molecule has 3 aromatic rings. The highest BCUT2D eigenvalue weighted by Crippen LogP contribution is 2.23. The third-order valence-electron chi connectivity index (χ3n) is 3.09. The molecule has 4 heteroatoms. The largest absolute Gasteiger partial charge is 0.508 e. The Morgan fingerprint density at radius 3 is 2.60 bits per heavy atom. The van der Waals surface area contributed by atoms with Gasteiger partial charge in [0, 0.05) is 11.9 Å². The van der Waals surface area contributed by atoms with Crippen LogP contribution in [-0.2, 0) is 13.2 Å². The van der Waals surface area contributed by atoms with Crippen molar-refractivity contribution in [2.24, 2.45) is 5.73 Å². The predicted octanol–water partition coefficient (Wildman–Crippen LogP) is 3.18. The summed E-state index contributed by atoms with van der Waals surface area (Å²) in [6, 6.07) is 14.4. The number of nitrogens with two attached hydrogens (primary N) is 1. The maximum absolute atomic E-state index is 9.20. The molecule has 0 aliphatic carbocycles. The van der Waals surface area contributed by atoms with Crippen LogP contribution in [0.2, 0.25) is 0 Å². The molecule has 1 aromatic heterocycles. The third kappa shape index (κ3) is 2.60. The molecule has 0 amide bonds. The van der Waals surface area contributed by atoms with Crippen molar-refractivity contribution in [2.45, 2.75) is 13.2 Å². The van der Waals surface area contributed by atoms with Gasteiger partial charge in [-0.1, -0.05) is 6.07 Å². The van der Waals surface area contributed by atoms with E-state index in [1.165, 1.54) is 0 Å². The van der Waals surface area contributed by atoms with E-state index in [9.17, 15) is 5.11 Å². The monoisotopic (exact) mass is 269 g/mol. The van der Waals surface area contributed by atoms with Gasteiger partial charge in [0.2, 0.25) is 0 Å². The number of hydrogen-bond donors (Lipinski definition) is 2. The van der Waals surface area contributed by atoms with Gasteiger partial charge in [0.1, 0.15) is 29.4 Å². The van der Waals surface area contributed by atoms with E-state index < -0.39 is 0 Å². The molecule has 3 rings (SSSR count). The van der Waals surface area contributed by atoms with Gasteiger partial charge < -0.3 is 20.0 Å². The van der Waals surface area contributed by atoms with E-state index in [1.807, 2.05) is 24.3 Å². The Hall–Kier alpha value is -2.46. The van der Waals surface area contributed by atoms with Crippen LogP contribution in [0.25, 0.3) is 11.0 Å². The van der Waals surface area contributed by atoms with Crippen molar-refractivity contribution < 1.29 is 14.3 Å². The second-order valence-corrected chi connectivity index (χ2v) is 4.57. The first kappa shape index (κ1) is 12.6. The third-order valence-corrected chi connectivity index (χ3v) is 3.09. The van der Waals surface area contributed by atoms with Crippen LogP contribution in [0.15, 0.2) is 52.9 Å². The van der Waals surface area contributed by atoms with Gasteiger partial charge in [-0.05, 0) is 48.0 Å². The summed E-state index contributed by atoms with van der Waals surface area (Å²) in [5.74, 6) is 1.66. The minimum atomic E-state index is 0.218. The minimum absolute atomic E-state index is 0.218. The molecule has 0 fully saturated rings. The lowest BCUT2D eigenvalue weighted by Gasteiger charge is -2.03. The summed E-state index contributed by atoms with van der Waals surface area (Å²) in [6.45, 7) is 0.859. The molecular formula is C16H15NO3. The molecule has 0 spiro atoms. The number of ether oxygens (including phenoxy) is 1. The van der Waals surface area contributed by atoms with Gasteiger partial charge in [0.05, 0.1) is 0 Å². The molecule has 3 N–H and O–H groups in total. The van der Waals surface area contributed by atoms with Crippen molar-refractivity contribution in [1.29, 1.82) is 0 Å². The van der Waals surface area contributed by atoms with Crippen LogP contribution in [0.4, 0.5) is 0 Å². The lowest BCUT2D eigenvalue weighted by molar-refractivity contribution is 0.274. The molecule has 0 bridgehead atoms. The highest BCUT2D eigenvalue weighted by atomic mass is 16.5. The molecule has 0 aliphatic heterocycles. The van der Waals surface area contributed by atoms with Crippen molar-refractivity contribution in [3.05, 3.63) is 59.9 Å². The van der Waals surface area contributed by atoms with Crippen molar-refractivity contribution in [3.8, 4) is 11.5 Å². The summed E-state index contributed by atoms with van der Waals surface area (Å²) in [7, 11) is 0. The fraction of sp³-hybridized carbons (Fsp3) is 0.125. The van der Waals surface area contributed by atoms with Gasteiger partial charge in [0.15, 0.2) is 0 Å². The quantitative estimate of drug-likeness (QED) is 0.763. The first-order valence-corrected chi connectivity index (χ1v) is 6.38. The molecule has 4 nitrogen and oxygen atoms in total. The standard InChI is InChI=1S/C16H15NO3/c17-9-11-1-6-16-12(7-11)8-15(20-16)10-19-14-4-2-13(18)3-5-14/h1-8,18H,9-10,17H2. The Kier molecular flexibility index (Phi) is 3.31. The Labute approximate surface area is 116 Å². The normalized spacial score (nSPS) is 10.8. The lowest BCUT2D eigenvalue weighted by atomic mass is 10.1. The first-order chi connectivity index (χ1) is 9.74. The maximum atomic E-state index is 9.20. The van der Waals surface area contributed by atoms with Gasteiger partial charge in [-0.15, -0.1) is 0 Å². The Balaban J connectivity index is 1.75. The van der Waals surface area contributed by atoms with Gasteiger partial charge in [-0.25, -0.2) is 0 Å². The van der Waals surface area contributed by atoms with E-state index in [4.69, 9.17) is 14.9 Å². The van der Waals surface area contributed by atoms with Crippen molar-refractivity contribution in [3.63, 3.8) is 0 Å². The molecule has 0 aliphatic rings. The summed E-state index contributed by atoms with van der Waals surface area (Å²) in [5.41, 5.74) is 7.52. The summed E-state index contributed by atoms with van der Waals surface area (Å²) in [6.07, 6.45) is 0. The van der Waals surface area contributed by atoms with Crippen LogP contribution in [0.5, 0.6) is 11.5 Å². The molecule has 20 heavy (non-hydrogen) atoms. The zero-order chi connectivity index (χ0) is 13.9. The average Bonchev–Trinajstić information content (AvgIpc) is 2.88. The van der Waals surface area contributed by atoms with Crippen LogP contribution in [0, 0.1) is 0 Å². The number of rotatable bonds is 4. The fourth-order valence-corrected chi connectivity index (χ4v) is 2.04. The molecule has 0 radical (unpaired) electrons. The van der Waals surface area contributed by atoms with E-state index >= 15 is 0 Å². The first-order valence-electron chi connectivity index (χ1n) is 6.38. The molecule has 0 saturated carbocycles. The average molecular weight is 269 g/mol. The summed E-state index contributed by atoms with van der Waals surface area (Å²) < 4.78 is 11.3. The molecule has 1 heterocycles. The zero-order valence-corrected chi connectivity index (χ0v) is 10.9. The van der Waals surface area contributed by atoms with Crippen molar-refractivity contribution >= 4 is 11.0 Å². The molecule has 2 aromatic carbocycles. The van der Waals surface area contributed by atoms with Crippen molar-refractivity contribution in [1.82, 2.24) is 0 Å². The summed E-state index contributed by atoms with van der Waals surface area (Å²) in [5, 5.41) is 10.2. The smallest absolute Gasteiger partial charge is 0.146 e. The summed E-state index contributed by atoms with van der Waals surface area (Å²) >= 11 is 0. The Morgan fingerprint density at radius 2 is 1.85 bits per heavy atom. The maximum Gasteiger partial charge on any atom is 0.146 e.